The SMILES string of the molecule is CC(OC(=O)c1occc1-c1ccccc1)C(=O)Nc1ccc(Cl)cc1F. The van der Waals surface area contributed by atoms with Gasteiger partial charge in [-0.25, -0.2) is 9.18 Å². The summed E-state index contributed by atoms with van der Waals surface area (Å²) in [5.74, 6) is -2.18. The molecular weight excluding hydrogens is 373 g/mol. The smallest absolute Gasteiger partial charge is 0.375 e. The molecule has 0 aliphatic carbocycles. The number of rotatable bonds is 5. The van der Waals surface area contributed by atoms with Gasteiger partial charge in [-0.05, 0) is 36.8 Å². The monoisotopic (exact) mass is 387 g/mol. The molecule has 0 saturated heterocycles. The molecule has 138 valence electrons. The third-order valence-electron chi connectivity index (χ3n) is 3.78. The number of anilines is 1. The van der Waals surface area contributed by atoms with Crippen molar-refractivity contribution in [1.82, 2.24) is 0 Å². The van der Waals surface area contributed by atoms with E-state index in [0.717, 1.165) is 11.6 Å². The highest BCUT2D eigenvalue weighted by atomic mass is 35.5. The van der Waals surface area contributed by atoms with E-state index in [1.54, 1.807) is 6.07 Å². The van der Waals surface area contributed by atoms with Crippen molar-refractivity contribution in [2.45, 2.75) is 13.0 Å². The van der Waals surface area contributed by atoms with Gasteiger partial charge < -0.3 is 14.5 Å². The summed E-state index contributed by atoms with van der Waals surface area (Å²) in [4.78, 5) is 24.6. The van der Waals surface area contributed by atoms with Gasteiger partial charge in [0.05, 0.1) is 12.0 Å². The van der Waals surface area contributed by atoms with Crippen molar-refractivity contribution in [3.63, 3.8) is 0 Å². The van der Waals surface area contributed by atoms with Gasteiger partial charge in [0.25, 0.3) is 5.91 Å². The summed E-state index contributed by atoms with van der Waals surface area (Å²) in [6.07, 6.45) is 0.202. The van der Waals surface area contributed by atoms with Gasteiger partial charge in [-0.1, -0.05) is 41.9 Å². The number of halogens is 2. The van der Waals surface area contributed by atoms with Gasteiger partial charge in [0.15, 0.2) is 6.10 Å². The number of hydrogen-bond donors (Lipinski definition) is 1. The highest BCUT2D eigenvalue weighted by Gasteiger charge is 2.24. The molecule has 0 radical (unpaired) electrons. The van der Waals surface area contributed by atoms with Crippen LogP contribution in [-0.4, -0.2) is 18.0 Å². The number of benzene rings is 2. The van der Waals surface area contributed by atoms with E-state index in [2.05, 4.69) is 5.32 Å². The molecule has 0 saturated carbocycles. The molecule has 0 aliphatic heterocycles. The predicted octanol–water partition coefficient (Wildman–Crippen LogP) is 4.92. The summed E-state index contributed by atoms with van der Waals surface area (Å²) < 4.78 is 24.2. The fraction of sp³-hybridized carbons (Fsp3) is 0.100. The van der Waals surface area contributed by atoms with E-state index in [1.165, 1.54) is 25.3 Å². The van der Waals surface area contributed by atoms with Crippen molar-refractivity contribution in [3.05, 3.63) is 77.5 Å². The molecule has 1 atom stereocenters. The molecule has 27 heavy (non-hydrogen) atoms. The van der Waals surface area contributed by atoms with E-state index in [0.29, 0.717) is 5.56 Å². The first-order chi connectivity index (χ1) is 13.0. The van der Waals surface area contributed by atoms with Crippen LogP contribution in [0.4, 0.5) is 10.1 Å². The number of carbonyl (C=O) groups is 2. The molecule has 3 aromatic rings. The molecule has 1 aromatic heterocycles. The maximum absolute atomic E-state index is 13.8. The largest absolute Gasteiger partial charge is 0.457 e. The Labute approximate surface area is 159 Å². The van der Waals surface area contributed by atoms with Crippen molar-refractivity contribution in [3.8, 4) is 11.1 Å². The van der Waals surface area contributed by atoms with Gasteiger partial charge in [-0.2, -0.15) is 0 Å². The van der Waals surface area contributed by atoms with Crippen molar-refractivity contribution < 1.29 is 23.1 Å². The molecule has 1 unspecified atom stereocenters. The second kappa shape index (κ2) is 8.05. The summed E-state index contributed by atoms with van der Waals surface area (Å²) in [7, 11) is 0. The van der Waals surface area contributed by atoms with Gasteiger partial charge >= 0.3 is 5.97 Å². The van der Waals surface area contributed by atoms with Crippen LogP contribution in [0.1, 0.15) is 17.5 Å². The van der Waals surface area contributed by atoms with Crippen molar-refractivity contribution >= 4 is 29.2 Å². The molecule has 0 aliphatic rings. The molecule has 1 N–H and O–H groups in total. The third kappa shape index (κ3) is 4.35. The Bertz CT molecular complexity index is 971. The van der Waals surface area contributed by atoms with Crippen LogP contribution in [0.25, 0.3) is 11.1 Å². The summed E-state index contributed by atoms with van der Waals surface area (Å²) in [5, 5.41) is 2.56. The molecular formula is C20H15ClFNO4. The Hall–Kier alpha value is -3.12. The quantitative estimate of drug-likeness (QED) is 0.631. The minimum atomic E-state index is -1.17. The van der Waals surface area contributed by atoms with Gasteiger partial charge in [0.1, 0.15) is 5.82 Å². The Balaban J connectivity index is 1.69. The molecule has 3 rings (SSSR count). The molecule has 7 heteroatoms. The molecule has 1 amide bonds. The molecule has 5 nitrogen and oxygen atoms in total. The molecule has 0 bridgehead atoms. The predicted molar refractivity (Wildman–Crippen MR) is 99.1 cm³/mol. The maximum atomic E-state index is 13.8. The second-order valence-electron chi connectivity index (χ2n) is 5.69. The maximum Gasteiger partial charge on any atom is 0.375 e. The summed E-state index contributed by atoms with van der Waals surface area (Å²) >= 11 is 5.67. The first kappa shape index (κ1) is 18.7. The van der Waals surface area contributed by atoms with E-state index in [-0.39, 0.29) is 16.5 Å². The van der Waals surface area contributed by atoms with Gasteiger partial charge in [-0.15, -0.1) is 0 Å². The van der Waals surface area contributed by atoms with E-state index in [4.69, 9.17) is 20.8 Å². The number of furan rings is 1. The minimum absolute atomic E-state index is 0.0153. The lowest BCUT2D eigenvalue weighted by Gasteiger charge is -2.13. The van der Waals surface area contributed by atoms with Crippen LogP contribution in [-0.2, 0) is 9.53 Å². The fourth-order valence-corrected chi connectivity index (χ4v) is 2.56. The summed E-state index contributed by atoms with van der Waals surface area (Å²) in [5.41, 5.74) is 1.27. The highest BCUT2D eigenvalue weighted by molar-refractivity contribution is 6.30. The standard InChI is InChI=1S/C20H15ClFNO4/c1-12(19(24)23-17-8-7-14(21)11-16(17)22)27-20(25)18-15(9-10-26-18)13-5-3-2-4-6-13/h2-12H,1H3,(H,23,24). The Kier molecular flexibility index (Phi) is 5.57. The third-order valence-corrected chi connectivity index (χ3v) is 4.01. The van der Waals surface area contributed by atoms with Crippen LogP contribution in [0.2, 0.25) is 5.02 Å². The summed E-state index contributed by atoms with van der Waals surface area (Å²) in [6, 6.07) is 14.6. The van der Waals surface area contributed by atoms with Crippen LogP contribution in [0, 0.1) is 5.82 Å². The Morgan fingerprint density at radius 1 is 1.15 bits per heavy atom. The van der Waals surface area contributed by atoms with Crippen molar-refractivity contribution in [2.75, 3.05) is 5.32 Å². The Morgan fingerprint density at radius 3 is 2.59 bits per heavy atom. The van der Waals surface area contributed by atoms with Crippen LogP contribution in [0.3, 0.4) is 0 Å². The number of amides is 1. The lowest BCUT2D eigenvalue weighted by atomic mass is 10.1. The first-order valence-electron chi connectivity index (χ1n) is 8.05. The number of esters is 1. The van der Waals surface area contributed by atoms with Crippen LogP contribution in [0.5, 0.6) is 0 Å². The molecule has 2 aromatic carbocycles. The normalized spacial score (nSPS) is 11.7. The number of ether oxygens (including phenoxy) is 1. The zero-order chi connectivity index (χ0) is 19.4. The van der Waals surface area contributed by atoms with E-state index in [1.807, 2.05) is 30.3 Å². The summed E-state index contributed by atoms with van der Waals surface area (Å²) in [6.45, 7) is 1.38. The lowest BCUT2D eigenvalue weighted by Crippen LogP contribution is -2.30. The fourth-order valence-electron chi connectivity index (χ4n) is 2.41. The molecule has 0 fully saturated rings. The zero-order valence-corrected chi connectivity index (χ0v) is 15.0. The van der Waals surface area contributed by atoms with Crippen LogP contribution in [0.15, 0.2) is 65.3 Å². The van der Waals surface area contributed by atoms with E-state index >= 15 is 0 Å². The van der Waals surface area contributed by atoms with Crippen LogP contribution >= 0.6 is 11.6 Å². The number of nitrogens with one attached hydrogen (secondary N) is 1. The highest BCUT2D eigenvalue weighted by Crippen LogP contribution is 2.26. The molecule has 0 spiro atoms. The topological polar surface area (TPSA) is 68.5 Å². The minimum Gasteiger partial charge on any atom is -0.457 e. The average Bonchev–Trinajstić information content (AvgIpc) is 3.14. The van der Waals surface area contributed by atoms with Crippen molar-refractivity contribution in [2.24, 2.45) is 0 Å². The van der Waals surface area contributed by atoms with E-state index < -0.39 is 23.8 Å². The van der Waals surface area contributed by atoms with Crippen LogP contribution < -0.4 is 5.32 Å². The molecule has 1 heterocycles. The second-order valence-corrected chi connectivity index (χ2v) is 6.13. The van der Waals surface area contributed by atoms with Crippen molar-refractivity contribution in [1.29, 1.82) is 0 Å². The number of hydrogen-bond acceptors (Lipinski definition) is 4. The number of carbonyl (C=O) groups excluding carboxylic acids is 2. The average molecular weight is 388 g/mol. The van der Waals surface area contributed by atoms with E-state index in [9.17, 15) is 14.0 Å². The van der Waals surface area contributed by atoms with Gasteiger partial charge in [-0.3, -0.25) is 4.79 Å². The van der Waals surface area contributed by atoms with Gasteiger partial charge in [0.2, 0.25) is 5.76 Å². The Morgan fingerprint density at radius 2 is 1.89 bits per heavy atom. The first-order valence-corrected chi connectivity index (χ1v) is 8.43. The zero-order valence-electron chi connectivity index (χ0n) is 14.2. The van der Waals surface area contributed by atoms with Gasteiger partial charge in [0, 0.05) is 10.6 Å². The lowest BCUT2D eigenvalue weighted by molar-refractivity contribution is -0.123.